The van der Waals surface area contributed by atoms with Crippen molar-refractivity contribution in [3.8, 4) is 5.88 Å². The molecule has 60 valence electrons. The van der Waals surface area contributed by atoms with Crippen LogP contribution in [0.5, 0.6) is 5.88 Å². The monoisotopic (exact) mass is 216 g/mol. The summed E-state index contributed by atoms with van der Waals surface area (Å²) in [7, 11) is 1.57. The minimum absolute atomic E-state index is 0.535. The van der Waals surface area contributed by atoms with Crippen LogP contribution in [-0.4, -0.2) is 17.1 Å². The van der Waals surface area contributed by atoms with Gasteiger partial charge in [0.1, 0.15) is 0 Å². The van der Waals surface area contributed by atoms with E-state index in [0.717, 1.165) is 11.4 Å². The highest BCUT2D eigenvalue weighted by Gasteiger charge is 2.04. The number of hydrogen-bond donors (Lipinski definition) is 0. The first-order valence-electron chi connectivity index (χ1n) is 3.20. The van der Waals surface area contributed by atoms with Crippen molar-refractivity contribution in [1.82, 2.24) is 9.97 Å². The fourth-order valence-corrected chi connectivity index (χ4v) is 1.20. The van der Waals surface area contributed by atoms with Gasteiger partial charge in [-0.25, -0.2) is 9.97 Å². The fourth-order valence-electron chi connectivity index (χ4n) is 0.685. The number of aromatic nitrogens is 2. The van der Waals surface area contributed by atoms with Crippen LogP contribution in [0.2, 0.25) is 0 Å². The van der Waals surface area contributed by atoms with E-state index in [1.807, 2.05) is 13.8 Å². The summed E-state index contributed by atoms with van der Waals surface area (Å²) in [4.78, 5) is 8.33. The van der Waals surface area contributed by atoms with Crippen molar-refractivity contribution >= 4 is 15.9 Å². The summed E-state index contributed by atoms with van der Waals surface area (Å²) in [6.07, 6.45) is 0. The Morgan fingerprint density at radius 3 is 2.27 bits per heavy atom. The SMILES string of the molecule is COc1nc(C)c(C)nc1Br. The van der Waals surface area contributed by atoms with Crippen LogP contribution in [0.1, 0.15) is 11.4 Å². The van der Waals surface area contributed by atoms with E-state index in [4.69, 9.17) is 4.74 Å². The number of methoxy groups -OCH3 is 1. The van der Waals surface area contributed by atoms with E-state index in [1.54, 1.807) is 7.11 Å². The van der Waals surface area contributed by atoms with E-state index >= 15 is 0 Å². The molecule has 0 amide bonds. The molecule has 4 heteroatoms. The molecule has 0 fully saturated rings. The number of nitrogens with zero attached hydrogens (tertiary/aromatic N) is 2. The highest BCUT2D eigenvalue weighted by atomic mass is 79.9. The third kappa shape index (κ3) is 1.68. The summed E-state index contributed by atoms with van der Waals surface area (Å²) < 4.78 is 5.62. The number of rotatable bonds is 1. The van der Waals surface area contributed by atoms with Gasteiger partial charge in [-0.1, -0.05) is 0 Å². The Morgan fingerprint density at radius 2 is 1.73 bits per heavy atom. The van der Waals surface area contributed by atoms with E-state index in [2.05, 4.69) is 25.9 Å². The van der Waals surface area contributed by atoms with Crippen molar-refractivity contribution in [3.63, 3.8) is 0 Å². The van der Waals surface area contributed by atoms with E-state index in [0.29, 0.717) is 10.5 Å². The predicted molar refractivity (Wildman–Crippen MR) is 45.8 cm³/mol. The van der Waals surface area contributed by atoms with Gasteiger partial charge >= 0.3 is 0 Å². The Balaban J connectivity index is 3.21. The summed E-state index contributed by atoms with van der Waals surface area (Å²) in [5.74, 6) is 0.535. The Hall–Kier alpha value is -0.640. The van der Waals surface area contributed by atoms with Crippen LogP contribution in [0.15, 0.2) is 4.60 Å². The number of ether oxygens (including phenoxy) is 1. The number of aryl methyl sites for hydroxylation is 2. The molecule has 0 bridgehead atoms. The van der Waals surface area contributed by atoms with Crippen LogP contribution >= 0.6 is 15.9 Å². The second kappa shape index (κ2) is 3.17. The maximum absolute atomic E-state index is 4.96. The van der Waals surface area contributed by atoms with Crippen molar-refractivity contribution in [3.05, 3.63) is 16.0 Å². The number of hydrogen-bond acceptors (Lipinski definition) is 3. The Morgan fingerprint density at radius 1 is 1.18 bits per heavy atom. The van der Waals surface area contributed by atoms with Crippen molar-refractivity contribution < 1.29 is 4.74 Å². The highest BCUT2D eigenvalue weighted by molar-refractivity contribution is 9.10. The minimum Gasteiger partial charge on any atom is -0.479 e. The summed E-state index contributed by atoms with van der Waals surface area (Å²) in [5.41, 5.74) is 1.81. The molecule has 0 spiro atoms. The van der Waals surface area contributed by atoms with Crippen molar-refractivity contribution in [1.29, 1.82) is 0 Å². The summed E-state index contributed by atoms with van der Waals surface area (Å²) in [5, 5.41) is 0. The van der Waals surface area contributed by atoms with Gasteiger partial charge in [-0.3, -0.25) is 0 Å². The molecule has 11 heavy (non-hydrogen) atoms. The van der Waals surface area contributed by atoms with Crippen molar-refractivity contribution in [2.75, 3.05) is 7.11 Å². The van der Waals surface area contributed by atoms with Gasteiger partial charge in [-0.2, -0.15) is 0 Å². The summed E-state index contributed by atoms with van der Waals surface area (Å²) in [6, 6.07) is 0. The molecule has 1 aromatic heterocycles. The lowest BCUT2D eigenvalue weighted by Gasteiger charge is -2.03. The van der Waals surface area contributed by atoms with Crippen LogP contribution in [-0.2, 0) is 0 Å². The quantitative estimate of drug-likeness (QED) is 0.720. The molecule has 0 radical (unpaired) electrons. The van der Waals surface area contributed by atoms with E-state index in [1.165, 1.54) is 0 Å². The van der Waals surface area contributed by atoms with Gasteiger partial charge in [-0.05, 0) is 29.8 Å². The number of halogens is 1. The molecule has 1 heterocycles. The van der Waals surface area contributed by atoms with Crippen LogP contribution < -0.4 is 4.74 Å². The van der Waals surface area contributed by atoms with Crippen LogP contribution in [0.3, 0.4) is 0 Å². The zero-order valence-electron chi connectivity index (χ0n) is 6.68. The molecule has 0 aromatic carbocycles. The van der Waals surface area contributed by atoms with Gasteiger partial charge in [0.15, 0.2) is 4.60 Å². The predicted octanol–water partition coefficient (Wildman–Crippen LogP) is 1.86. The first kappa shape index (κ1) is 8.46. The largest absolute Gasteiger partial charge is 0.479 e. The van der Waals surface area contributed by atoms with E-state index in [9.17, 15) is 0 Å². The van der Waals surface area contributed by atoms with E-state index < -0.39 is 0 Å². The van der Waals surface area contributed by atoms with Crippen LogP contribution in [0.4, 0.5) is 0 Å². The average molecular weight is 217 g/mol. The molecular formula is C7H9BrN2O. The van der Waals surface area contributed by atoms with Gasteiger partial charge in [0, 0.05) is 0 Å². The lowest BCUT2D eigenvalue weighted by Crippen LogP contribution is -1.97. The second-order valence-electron chi connectivity index (χ2n) is 2.19. The van der Waals surface area contributed by atoms with Gasteiger partial charge in [0.25, 0.3) is 0 Å². The maximum atomic E-state index is 4.96. The Kier molecular flexibility index (Phi) is 2.44. The molecule has 0 unspecified atom stereocenters. The topological polar surface area (TPSA) is 35.0 Å². The van der Waals surface area contributed by atoms with Crippen molar-refractivity contribution in [2.24, 2.45) is 0 Å². The smallest absolute Gasteiger partial charge is 0.247 e. The third-order valence-corrected chi connectivity index (χ3v) is 1.95. The van der Waals surface area contributed by atoms with Gasteiger partial charge in [0.05, 0.1) is 18.5 Å². The zero-order chi connectivity index (χ0) is 8.43. The molecule has 0 aliphatic carbocycles. The zero-order valence-corrected chi connectivity index (χ0v) is 8.27. The van der Waals surface area contributed by atoms with Gasteiger partial charge in [-0.15, -0.1) is 0 Å². The first-order chi connectivity index (χ1) is 5.15. The summed E-state index contributed by atoms with van der Waals surface area (Å²) >= 11 is 3.24. The molecule has 0 atom stereocenters. The van der Waals surface area contributed by atoms with Crippen molar-refractivity contribution in [2.45, 2.75) is 13.8 Å². The molecule has 0 saturated heterocycles. The average Bonchev–Trinajstić information content (AvgIpc) is 1.97. The molecular weight excluding hydrogens is 208 g/mol. The Labute approximate surface area is 73.9 Å². The standard InChI is InChI=1S/C7H9BrN2O/c1-4-5(2)10-7(11-3)6(8)9-4/h1-3H3. The molecule has 0 N–H and O–H groups in total. The lowest BCUT2D eigenvalue weighted by atomic mass is 10.4. The lowest BCUT2D eigenvalue weighted by molar-refractivity contribution is 0.390. The maximum Gasteiger partial charge on any atom is 0.247 e. The molecule has 0 aliphatic heterocycles. The summed E-state index contributed by atoms with van der Waals surface area (Å²) in [6.45, 7) is 3.81. The van der Waals surface area contributed by atoms with Gasteiger partial charge in [0.2, 0.25) is 5.88 Å². The molecule has 0 saturated carbocycles. The van der Waals surface area contributed by atoms with Crippen LogP contribution in [0, 0.1) is 13.8 Å². The minimum atomic E-state index is 0.535. The molecule has 0 aliphatic rings. The van der Waals surface area contributed by atoms with Crippen LogP contribution in [0.25, 0.3) is 0 Å². The molecule has 1 aromatic rings. The van der Waals surface area contributed by atoms with Gasteiger partial charge < -0.3 is 4.74 Å². The molecule has 3 nitrogen and oxygen atoms in total. The molecule has 1 rings (SSSR count). The normalized spacial score (nSPS) is 9.82. The van der Waals surface area contributed by atoms with E-state index in [-0.39, 0.29) is 0 Å². The second-order valence-corrected chi connectivity index (χ2v) is 2.95. The highest BCUT2D eigenvalue weighted by Crippen LogP contribution is 2.20. The third-order valence-electron chi connectivity index (χ3n) is 1.43. The Bertz CT molecular complexity index is 275. The first-order valence-corrected chi connectivity index (χ1v) is 3.99. The fraction of sp³-hybridized carbons (Fsp3) is 0.429.